The fourth-order valence-corrected chi connectivity index (χ4v) is 5.06. The van der Waals surface area contributed by atoms with E-state index >= 15 is 0 Å². The van der Waals surface area contributed by atoms with E-state index in [9.17, 15) is 44.7 Å². The molecular formula is C40H36F8N4O6. The average Bonchev–Trinajstić information content (AvgIpc) is 4.12. The standard InChI is InChI=1S/2C20H18F4N2O3/c2*21-14-8-9-15(29-20(23)24)17(18(14)22)19(26-28-11-13-6-7-13)25-16(27)10-12-4-2-1-3-5-12/h2*1-5,8-9,13,20H,6-7,10-11H2,(H,25,26,27). The molecule has 0 radical (unpaired) electrons. The first-order valence-corrected chi connectivity index (χ1v) is 17.8. The first-order valence-electron chi connectivity index (χ1n) is 17.8. The molecule has 0 heterocycles. The van der Waals surface area contributed by atoms with Gasteiger partial charge in [0.05, 0.1) is 12.8 Å². The zero-order chi connectivity index (χ0) is 41.6. The molecule has 0 atom stereocenters. The van der Waals surface area contributed by atoms with Crippen LogP contribution in [0.15, 0.2) is 95.2 Å². The Morgan fingerprint density at radius 1 is 0.569 bits per heavy atom. The van der Waals surface area contributed by atoms with Gasteiger partial charge in [-0.1, -0.05) is 71.0 Å². The van der Waals surface area contributed by atoms with Gasteiger partial charge < -0.3 is 29.8 Å². The van der Waals surface area contributed by atoms with Crippen LogP contribution in [0.4, 0.5) is 35.1 Å². The molecule has 58 heavy (non-hydrogen) atoms. The van der Waals surface area contributed by atoms with E-state index in [1.807, 2.05) is 0 Å². The second-order valence-electron chi connectivity index (χ2n) is 13.0. The maximum absolute atomic E-state index is 14.5. The van der Waals surface area contributed by atoms with Gasteiger partial charge in [0.15, 0.2) is 34.9 Å². The van der Waals surface area contributed by atoms with Gasteiger partial charge in [0, 0.05) is 0 Å². The van der Waals surface area contributed by atoms with Crippen molar-refractivity contribution in [1.29, 1.82) is 0 Å². The summed E-state index contributed by atoms with van der Waals surface area (Å²) in [5.41, 5.74) is -0.177. The molecule has 0 aliphatic heterocycles. The lowest BCUT2D eigenvalue weighted by Crippen LogP contribution is -2.34. The van der Waals surface area contributed by atoms with Gasteiger partial charge in [0.2, 0.25) is 11.8 Å². The third kappa shape index (κ3) is 13.5. The van der Waals surface area contributed by atoms with E-state index in [1.54, 1.807) is 60.7 Å². The summed E-state index contributed by atoms with van der Waals surface area (Å²) in [5, 5.41) is 12.0. The Morgan fingerprint density at radius 3 is 1.26 bits per heavy atom. The van der Waals surface area contributed by atoms with Crippen molar-refractivity contribution in [2.75, 3.05) is 13.2 Å². The average molecular weight is 821 g/mol. The zero-order valence-electron chi connectivity index (χ0n) is 30.4. The molecule has 2 fully saturated rings. The summed E-state index contributed by atoms with van der Waals surface area (Å²) in [7, 11) is 0. The number of alkyl halides is 4. The molecule has 0 aromatic heterocycles. The summed E-state index contributed by atoms with van der Waals surface area (Å²) in [4.78, 5) is 35.0. The van der Waals surface area contributed by atoms with Crippen molar-refractivity contribution in [3.05, 3.63) is 130 Å². The molecule has 4 aromatic carbocycles. The van der Waals surface area contributed by atoms with Gasteiger partial charge >= 0.3 is 13.2 Å². The fraction of sp³-hybridized carbons (Fsp3) is 0.300. The summed E-state index contributed by atoms with van der Waals surface area (Å²) < 4.78 is 116. The van der Waals surface area contributed by atoms with Crippen LogP contribution in [-0.2, 0) is 32.1 Å². The molecule has 0 unspecified atom stereocenters. The maximum Gasteiger partial charge on any atom is 0.387 e. The van der Waals surface area contributed by atoms with Gasteiger partial charge in [-0.2, -0.15) is 17.6 Å². The third-order valence-electron chi connectivity index (χ3n) is 8.28. The number of benzene rings is 4. The molecule has 2 aliphatic carbocycles. The number of carbonyl (C=O) groups excluding carboxylic acids is 2. The van der Waals surface area contributed by atoms with Gasteiger partial charge in [-0.3, -0.25) is 9.59 Å². The predicted octanol–water partition coefficient (Wildman–Crippen LogP) is 8.03. The predicted molar refractivity (Wildman–Crippen MR) is 193 cm³/mol. The van der Waals surface area contributed by atoms with E-state index in [-0.39, 0.29) is 37.9 Å². The van der Waals surface area contributed by atoms with Crippen LogP contribution in [-0.4, -0.2) is 49.9 Å². The van der Waals surface area contributed by atoms with Crippen LogP contribution in [0.1, 0.15) is 47.9 Å². The van der Waals surface area contributed by atoms with Gasteiger partial charge in [-0.15, -0.1) is 0 Å². The van der Waals surface area contributed by atoms with E-state index in [2.05, 4.69) is 30.4 Å². The van der Waals surface area contributed by atoms with Crippen molar-refractivity contribution < 1.29 is 63.9 Å². The molecule has 2 N–H and O–H groups in total. The zero-order valence-corrected chi connectivity index (χ0v) is 30.4. The molecule has 4 aromatic rings. The van der Waals surface area contributed by atoms with Gasteiger partial charge in [0.1, 0.15) is 35.8 Å². The minimum atomic E-state index is -3.28. The largest absolute Gasteiger partial charge is 0.434 e. The minimum Gasteiger partial charge on any atom is -0.434 e. The molecule has 0 spiro atoms. The van der Waals surface area contributed by atoms with Gasteiger partial charge in [-0.05, 0) is 72.9 Å². The second kappa shape index (κ2) is 20.8. The van der Waals surface area contributed by atoms with Crippen LogP contribution in [0.2, 0.25) is 0 Å². The number of nitrogens with zero attached hydrogens (tertiary/aromatic N) is 2. The van der Waals surface area contributed by atoms with Crippen LogP contribution in [0.25, 0.3) is 0 Å². The van der Waals surface area contributed by atoms with E-state index in [1.165, 1.54) is 0 Å². The summed E-state index contributed by atoms with van der Waals surface area (Å²) in [6, 6.07) is 20.2. The van der Waals surface area contributed by atoms with Crippen molar-refractivity contribution in [2.45, 2.75) is 51.7 Å². The Balaban J connectivity index is 0.000000221. The molecule has 10 nitrogen and oxygen atoms in total. The topological polar surface area (TPSA) is 120 Å². The van der Waals surface area contributed by atoms with E-state index < -0.39 is 82.6 Å². The summed E-state index contributed by atoms with van der Waals surface area (Å²) >= 11 is 0. The van der Waals surface area contributed by atoms with Crippen LogP contribution in [0.3, 0.4) is 0 Å². The first-order chi connectivity index (χ1) is 27.9. The molecule has 0 saturated heterocycles. The number of amides is 2. The molecule has 0 bridgehead atoms. The van der Waals surface area contributed by atoms with Crippen LogP contribution in [0.5, 0.6) is 11.5 Å². The lowest BCUT2D eigenvalue weighted by Gasteiger charge is -2.15. The molecule has 2 amide bonds. The van der Waals surface area contributed by atoms with E-state index in [4.69, 9.17) is 9.68 Å². The highest BCUT2D eigenvalue weighted by Gasteiger charge is 2.28. The fourth-order valence-electron chi connectivity index (χ4n) is 5.06. The highest BCUT2D eigenvalue weighted by molar-refractivity contribution is 6.10. The molecule has 308 valence electrons. The number of halogens is 8. The normalized spacial score (nSPS) is 14.0. The minimum absolute atomic E-state index is 0.0928. The molecular weight excluding hydrogens is 784 g/mol. The number of amidine groups is 2. The number of nitrogens with one attached hydrogen (secondary N) is 2. The summed E-state index contributed by atoms with van der Waals surface area (Å²) in [6.07, 6.45) is 3.59. The number of ether oxygens (including phenoxy) is 2. The van der Waals surface area contributed by atoms with Crippen molar-refractivity contribution in [3.63, 3.8) is 0 Å². The number of carbonyl (C=O) groups is 2. The van der Waals surface area contributed by atoms with Gasteiger partial charge in [0.25, 0.3) is 0 Å². The van der Waals surface area contributed by atoms with Crippen LogP contribution in [0, 0.1) is 35.1 Å². The Bertz CT molecular complexity index is 1920. The van der Waals surface area contributed by atoms with E-state index in [0.29, 0.717) is 23.3 Å². The smallest absolute Gasteiger partial charge is 0.387 e. The van der Waals surface area contributed by atoms with Crippen LogP contribution >= 0.6 is 0 Å². The van der Waals surface area contributed by atoms with Crippen molar-refractivity contribution in [2.24, 2.45) is 22.1 Å². The molecule has 18 heteroatoms. The SMILES string of the molecule is O=C(Cc1ccccc1)N/C(=N/OCC1CC1)c1c(OC(F)F)ccc(F)c1F.O=C(Cc1ccccc1)N/C(=N\OCC1CC1)c1c(OC(F)F)ccc(F)c1F. The quantitative estimate of drug-likeness (QED) is 0.0512. The second-order valence-corrected chi connectivity index (χ2v) is 13.0. The monoisotopic (exact) mass is 820 g/mol. The summed E-state index contributed by atoms with van der Waals surface area (Å²) in [6.45, 7) is -6.15. The van der Waals surface area contributed by atoms with Gasteiger partial charge in [-0.25, -0.2) is 17.6 Å². The number of rotatable bonds is 16. The molecule has 2 aliphatic rings. The van der Waals surface area contributed by atoms with Crippen molar-refractivity contribution in [3.8, 4) is 11.5 Å². The Labute approximate surface area is 326 Å². The maximum atomic E-state index is 14.5. The Morgan fingerprint density at radius 2 is 0.931 bits per heavy atom. The highest BCUT2D eigenvalue weighted by atomic mass is 19.3. The number of oxime groups is 2. The lowest BCUT2D eigenvalue weighted by atomic mass is 10.1. The lowest BCUT2D eigenvalue weighted by molar-refractivity contribution is -0.120. The van der Waals surface area contributed by atoms with E-state index in [0.717, 1.165) is 37.8 Å². The highest BCUT2D eigenvalue weighted by Crippen LogP contribution is 2.31. The third-order valence-corrected chi connectivity index (χ3v) is 8.28. The van der Waals surface area contributed by atoms with Crippen molar-refractivity contribution in [1.82, 2.24) is 10.6 Å². The Kier molecular flexibility index (Phi) is 15.4. The molecule has 2 saturated carbocycles. The van der Waals surface area contributed by atoms with Crippen molar-refractivity contribution >= 4 is 23.5 Å². The first kappa shape index (κ1) is 42.9. The molecule has 6 rings (SSSR count). The number of hydrogen-bond acceptors (Lipinski definition) is 8. The number of hydrogen-bond donors (Lipinski definition) is 2. The summed E-state index contributed by atoms with van der Waals surface area (Å²) in [5.74, 6) is -8.69. The van der Waals surface area contributed by atoms with Crippen LogP contribution < -0.4 is 20.1 Å². The Hall–Kier alpha value is -6.20.